The lowest BCUT2D eigenvalue weighted by Crippen LogP contribution is -2.36. The zero-order valence-electron chi connectivity index (χ0n) is 12.1. The molecule has 3 rings (SSSR count). The molecule has 4 heteroatoms. The van der Waals surface area contributed by atoms with Gasteiger partial charge in [0, 0.05) is 24.9 Å². The van der Waals surface area contributed by atoms with Crippen molar-refractivity contribution < 1.29 is 14.7 Å². The number of carboxylic acid groups (broad SMARTS) is 1. The summed E-state index contributed by atoms with van der Waals surface area (Å²) >= 11 is 0. The lowest BCUT2D eigenvalue weighted by atomic mass is 9.87. The van der Waals surface area contributed by atoms with Gasteiger partial charge < -0.3 is 10.0 Å². The van der Waals surface area contributed by atoms with Gasteiger partial charge in [-0.1, -0.05) is 36.8 Å². The molecule has 0 radical (unpaired) electrons. The van der Waals surface area contributed by atoms with Gasteiger partial charge in [0.15, 0.2) is 0 Å². The van der Waals surface area contributed by atoms with Crippen LogP contribution in [0.2, 0.25) is 0 Å². The fourth-order valence-electron chi connectivity index (χ4n) is 4.01. The highest BCUT2D eigenvalue weighted by molar-refractivity contribution is 5.81. The molecule has 3 atom stereocenters. The summed E-state index contributed by atoms with van der Waals surface area (Å²) in [6.45, 7) is 0.748. The molecule has 112 valence electrons. The lowest BCUT2D eigenvalue weighted by Gasteiger charge is -2.23. The quantitative estimate of drug-likeness (QED) is 0.926. The number of hydrogen-bond acceptors (Lipinski definition) is 2. The van der Waals surface area contributed by atoms with E-state index in [-0.39, 0.29) is 18.7 Å². The van der Waals surface area contributed by atoms with Gasteiger partial charge >= 0.3 is 5.97 Å². The number of amides is 1. The molecule has 0 bridgehead atoms. The van der Waals surface area contributed by atoms with Crippen LogP contribution in [0.25, 0.3) is 0 Å². The zero-order valence-corrected chi connectivity index (χ0v) is 12.1. The van der Waals surface area contributed by atoms with Crippen LogP contribution in [0.3, 0.4) is 0 Å². The molecule has 4 nitrogen and oxygen atoms in total. The summed E-state index contributed by atoms with van der Waals surface area (Å²) in [6.07, 6.45) is 3.46. The van der Waals surface area contributed by atoms with Crippen LogP contribution in [0.15, 0.2) is 30.3 Å². The van der Waals surface area contributed by atoms with Crippen LogP contribution in [0.5, 0.6) is 0 Å². The van der Waals surface area contributed by atoms with Crippen LogP contribution in [-0.4, -0.2) is 34.5 Å². The number of carboxylic acids is 1. The molecule has 0 spiro atoms. The molecule has 1 amide bonds. The second-order valence-electron chi connectivity index (χ2n) is 6.12. The Labute approximate surface area is 124 Å². The number of rotatable bonds is 4. The van der Waals surface area contributed by atoms with Crippen molar-refractivity contribution >= 4 is 11.9 Å². The molecular weight excluding hydrogens is 266 g/mol. The third-order valence-electron chi connectivity index (χ3n) is 4.94. The molecule has 1 saturated heterocycles. The van der Waals surface area contributed by atoms with E-state index in [0.29, 0.717) is 17.9 Å². The van der Waals surface area contributed by atoms with Crippen molar-refractivity contribution in [2.45, 2.75) is 44.1 Å². The van der Waals surface area contributed by atoms with Gasteiger partial charge in [0.05, 0.1) is 6.42 Å². The Hall–Kier alpha value is -1.84. The fraction of sp³-hybridized carbons (Fsp3) is 0.529. The molecule has 1 aromatic rings. The maximum Gasteiger partial charge on any atom is 0.303 e. The smallest absolute Gasteiger partial charge is 0.303 e. The van der Waals surface area contributed by atoms with Gasteiger partial charge in [-0.15, -0.1) is 0 Å². The van der Waals surface area contributed by atoms with Crippen molar-refractivity contribution in [2.24, 2.45) is 5.92 Å². The molecular formula is C17H21NO3. The van der Waals surface area contributed by atoms with Crippen LogP contribution >= 0.6 is 0 Å². The van der Waals surface area contributed by atoms with E-state index >= 15 is 0 Å². The Morgan fingerprint density at radius 3 is 2.62 bits per heavy atom. The minimum absolute atomic E-state index is 0.00716. The summed E-state index contributed by atoms with van der Waals surface area (Å²) in [5.41, 5.74) is 1.31. The molecule has 1 aromatic carbocycles. The summed E-state index contributed by atoms with van der Waals surface area (Å²) in [7, 11) is 0. The van der Waals surface area contributed by atoms with Crippen LogP contribution in [0.4, 0.5) is 0 Å². The normalized spacial score (nSPS) is 27.6. The van der Waals surface area contributed by atoms with Crippen molar-refractivity contribution in [1.29, 1.82) is 0 Å². The number of carbonyl (C=O) groups excluding carboxylic acids is 1. The number of likely N-dealkylation sites (tertiary alicyclic amines) is 1. The number of carbonyl (C=O) groups is 2. The number of benzene rings is 1. The van der Waals surface area contributed by atoms with Crippen molar-refractivity contribution in [3.63, 3.8) is 0 Å². The Morgan fingerprint density at radius 1 is 1.14 bits per heavy atom. The lowest BCUT2D eigenvalue weighted by molar-refractivity contribution is -0.141. The Morgan fingerprint density at radius 2 is 1.90 bits per heavy atom. The summed E-state index contributed by atoms with van der Waals surface area (Å²) in [4.78, 5) is 24.9. The van der Waals surface area contributed by atoms with Crippen molar-refractivity contribution in [1.82, 2.24) is 4.90 Å². The third kappa shape index (κ3) is 2.80. The average Bonchev–Trinajstić information content (AvgIpc) is 3.07. The van der Waals surface area contributed by atoms with E-state index in [2.05, 4.69) is 12.1 Å². The van der Waals surface area contributed by atoms with Crippen molar-refractivity contribution in [3.05, 3.63) is 35.9 Å². The monoisotopic (exact) mass is 287 g/mol. The van der Waals surface area contributed by atoms with Gasteiger partial charge in [-0.25, -0.2) is 0 Å². The van der Waals surface area contributed by atoms with Gasteiger partial charge in [-0.05, 0) is 24.3 Å². The van der Waals surface area contributed by atoms with Crippen molar-refractivity contribution in [3.8, 4) is 0 Å². The van der Waals surface area contributed by atoms with Crippen LogP contribution in [0, 0.1) is 5.92 Å². The topological polar surface area (TPSA) is 57.6 Å². The first-order valence-electron chi connectivity index (χ1n) is 7.73. The van der Waals surface area contributed by atoms with Crippen LogP contribution in [-0.2, 0) is 9.59 Å². The standard InChI is InChI=1S/C17H21NO3/c19-16(9-10-17(20)21)18-11-14(12-5-2-1-3-6-12)13-7-4-8-15(13)18/h1-3,5-6,13-15H,4,7-11H2,(H,20,21). The first-order valence-corrected chi connectivity index (χ1v) is 7.73. The third-order valence-corrected chi connectivity index (χ3v) is 4.94. The molecule has 1 N–H and O–H groups in total. The minimum atomic E-state index is -0.898. The van der Waals surface area contributed by atoms with Crippen LogP contribution < -0.4 is 0 Å². The highest BCUT2D eigenvalue weighted by atomic mass is 16.4. The summed E-state index contributed by atoms with van der Waals surface area (Å²) < 4.78 is 0. The Balaban J connectivity index is 1.75. The first kappa shape index (κ1) is 14.1. The van der Waals surface area contributed by atoms with Gasteiger partial charge in [-0.3, -0.25) is 9.59 Å². The van der Waals surface area contributed by atoms with E-state index in [9.17, 15) is 9.59 Å². The SMILES string of the molecule is O=C(O)CCC(=O)N1CC(c2ccccc2)C2CCCC21. The predicted octanol–water partition coefficient (Wildman–Crippen LogP) is 2.65. The molecule has 1 heterocycles. The highest BCUT2D eigenvalue weighted by Crippen LogP contribution is 2.46. The van der Waals surface area contributed by atoms with E-state index in [1.165, 1.54) is 18.4 Å². The number of aliphatic carboxylic acids is 1. The fourth-order valence-corrected chi connectivity index (χ4v) is 4.01. The minimum Gasteiger partial charge on any atom is -0.481 e. The summed E-state index contributed by atoms with van der Waals surface area (Å²) in [6, 6.07) is 10.7. The molecule has 0 aromatic heterocycles. The van der Waals surface area contributed by atoms with E-state index < -0.39 is 5.97 Å². The number of nitrogens with zero attached hydrogens (tertiary/aromatic N) is 1. The van der Waals surface area contributed by atoms with E-state index in [4.69, 9.17) is 5.11 Å². The van der Waals surface area contributed by atoms with E-state index in [0.717, 1.165) is 13.0 Å². The maximum atomic E-state index is 12.3. The van der Waals surface area contributed by atoms with E-state index in [1.807, 2.05) is 23.1 Å². The highest BCUT2D eigenvalue weighted by Gasteiger charge is 2.46. The van der Waals surface area contributed by atoms with Gasteiger partial charge in [0.2, 0.25) is 5.91 Å². The Kier molecular flexibility index (Phi) is 3.95. The average molecular weight is 287 g/mol. The first-order chi connectivity index (χ1) is 10.2. The second kappa shape index (κ2) is 5.88. The Bertz CT molecular complexity index is 528. The molecule has 3 unspecified atom stereocenters. The number of fused-ring (bicyclic) bond motifs is 1. The molecule has 1 saturated carbocycles. The number of hydrogen-bond donors (Lipinski definition) is 1. The molecule has 1 aliphatic carbocycles. The maximum absolute atomic E-state index is 12.3. The molecule has 2 fully saturated rings. The van der Waals surface area contributed by atoms with Gasteiger partial charge in [0.25, 0.3) is 0 Å². The zero-order chi connectivity index (χ0) is 14.8. The molecule has 21 heavy (non-hydrogen) atoms. The summed E-state index contributed by atoms with van der Waals surface area (Å²) in [5.74, 6) is 0.0616. The second-order valence-corrected chi connectivity index (χ2v) is 6.12. The molecule has 2 aliphatic rings. The summed E-state index contributed by atoms with van der Waals surface area (Å²) in [5, 5.41) is 8.75. The van der Waals surface area contributed by atoms with Crippen LogP contribution in [0.1, 0.15) is 43.6 Å². The van der Waals surface area contributed by atoms with Gasteiger partial charge in [0.1, 0.15) is 0 Å². The largest absolute Gasteiger partial charge is 0.481 e. The van der Waals surface area contributed by atoms with E-state index in [1.54, 1.807) is 0 Å². The predicted molar refractivity (Wildman–Crippen MR) is 78.9 cm³/mol. The molecule has 1 aliphatic heterocycles. The van der Waals surface area contributed by atoms with Gasteiger partial charge in [-0.2, -0.15) is 0 Å². The van der Waals surface area contributed by atoms with Crippen molar-refractivity contribution in [2.75, 3.05) is 6.54 Å².